The van der Waals surface area contributed by atoms with Gasteiger partial charge in [-0.3, -0.25) is 14.6 Å². The molecule has 2 aliphatic rings. The first kappa shape index (κ1) is 19.0. The topological polar surface area (TPSA) is 71.1 Å². The van der Waals surface area contributed by atoms with Gasteiger partial charge in [-0.2, -0.15) is 0 Å². The molecule has 5 heteroatoms. The fraction of sp³-hybridized carbons (Fsp3) is 0.115. The smallest absolute Gasteiger partial charge is 0.250 e. The lowest BCUT2D eigenvalue weighted by Crippen LogP contribution is -2.34. The molecule has 0 saturated heterocycles. The average molecular weight is 407 g/mol. The van der Waals surface area contributed by atoms with Gasteiger partial charge in [-0.15, -0.1) is 0 Å². The summed E-state index contributed by atoms with van der Waals surface area (Å²) in [5, 5.41) is 6.37. The molecular formula is C26H21N3O2. The second-order valence-electron chi connectivity index (χ2n) is 7.71. The van der Waals surface area contributed by atoms with Crippen molar-refractivity contribution in [3.05, 3.63) is 118 Å². The number of allylic oxidation sites excluding steroid dienone is 2. The third-order valence-corrected chi connectivity index (χ3v) is 5.81. The first-order chi connectivity index (χ1) is 15.1. The number of rotatable bonds is 4. The van der Waals surface area contributed by atoms with Crippen LogP contribution in [-0.2, 0) is 11.3 Å². The molecule has 0 fully saturated rings. The van der Waals surface area contributed by atoms with Gasteiger partial charge in [0.05, 0.1) is 5.70 Å². The van der Waals surface area contributed by atoms with Crippen LogP contribution in [0.3, 0.4) is 0 Å². The molecule has 5 nitrogen and oxygen atoms in total. The quantitative estimate of drug-likeness (QED) is 0.687. The van der Waals surface area contributed by atoms with Crippen LogP contribution in [0.1, 0.15) is 39.9 Å². The number of pyridine rings is 1. The lowest BCUT2D eigenvalue weighted by Gasteiger charge is -2.29. The molecule has 2 N–H and O–H groups in total. The number of carbonyl (C=O) groups is 2. The second-order valence-corrected chi connectivity index (χ2v) is 7.71. The number of nitrogens with one attached hydrogen (secondary N) is 2. The molecule has 152 valence electrons. The molecule has 0 spiro atoms. The summed E-state index contributed by atoms with van der Waals surface area (Å²) in [6, 6.07) is 21.1. The molecule has 1 aliphatic carbocycles. The lowest BCUT2D eigenvalue weighted by atomic mass is 9.80. The van der Waals surface area contributed by atoms with Crippen molar-refractivity contribution in [3.63, 3.8) is 0 Å². The normalized spacial score (nSPS) is 17.2. The summed E-state index contributed by atoms with van der Waals surface area (Å²) < 4.78 is 0. The maximum atomic E-state index is 13.4. The number of dihydropyridines is 1. The molecule has 0 bridgehead atoms. The van der Waals surface area contributed by atoms with Crippen molar-refractivity contribution in [3.8, 4) is 0 Å². The average Bonchev–Trinajstić information content (AvgIpc) is 3.09. The summed E-state index contributed by atoms with van der Waals surface area (Å²) in [5.41, 5.74) is 6.04. The molecule has 1 aliphatic heterocycles. The number of Topliss-reactive ketones (excluding diaryl/α,β-unsaturated/α-hetero) is 1. The molecule has 0 unspecified atom stereocenters. The van der Waals surface area contributed by atoms with Gasteiger partial charge in [0.2, 0.25) is 5.91 Å². The number of fused-ring (bicyclic) bond motifs is 2. The number of aromatic nitrogens is 1. The molecule has 0 saturated carbocycles. The molecule has 3 aromatic rings. The summed E-state index contributed by atoms with van der Waals surface area (Å²) in [6.07, 6.45) is 3.42. The minimum atomic E-state index is -0.486. The third kappa shape index (κ3) is 3.24. The van der Waals surface area contributed by atoms with Gasteiger partial charge in [0.1, 0.15) is 0 Å². The van der Waals surface area contributed by atoms with E-state index in [1.807, 2.05) is 73.7 Å². The fourth-order valence-electron chi connectivity index (χ4n) is 4.38. The van der Waals surface area contributed by atoms with Crippen LogP contribution in [0.4, 0.5) is 0 Å². The summed E-state index contributed by atoms with van der Waals surface area (Å²) in [7, 11) is 0. The SMILES string of the molecule is CC1=C(C(=O)NCc2ccccc2)[C@@H](c2cccnc2)C2=C(N1)c1ccccc1C2=O. The summed E-state index contributed by atoms with van der Waals surface area (Å²) in [5.74, 6) is -0.730. The van der Waals surface area contributed by atoms with Crippen molar-refractivity contribution in [2.24, 2.45) is 0 Å². The highest BCUT2D eigenvalue weighted by molar-refractivity contribution is 6.23. The molecule has 1 atom stereocenters. The largest absolute Gasteiger partial charge is 0.358 e. The van der Waals surface area contributed by atoms with E-state index in [9.17, 15) is 9.59 Å². The van der Waals surface area contributed by atoms with Gasteiger partial charge in [-0.25, -0.2) is 0 Å². The Morgan fingerprint density at radius 1 is 1.00 bits per heavy atom. The van der Waals surface area contributed by atoms with E-state index in [0.717, 1.165) is 28.1 Å². The first-order valence-electron chi connectivity index (χ1n) is 10.2. The Hall–Kier alpha value is -3.99. The van der Waals surface area contributed by atoms with Gasteiger partial charge < -0.3 is 10.6 Å². The number of hydrogen-bond donors (Lipinski definition) is 2. The molecule has 5 rings (SSSR count). The molecule has 1 amide bonds. The van der Waals surface area contributed by atoms with Crippen LogP contribution >= 0.6 is 0 Å². The van der Waals surface area contributed by atoms with E-state index in [-0.39, 0.29) is 11.7 Å². The monoisotopic (exact) mass is 407 g/mol. The van der Waals surface area contributed by atoms with Gasteiger partial charge in [0, 0.05) is 52.8 Å². The number of carbonyl (C=O) groups excluding carboxylic acids is 2. The van der Waals surface area contributed by atoms with Gasteiger partial charge in [-0.05, 0) is 24.1 Å². The Morgan fingerprint density at radius 2 is 1.74 bits per heavy atom. The Morgan fingerprint density at radius 3 is 2.48 bits per heavy atom. The van der Waals surface area contributed by atoms with Gasteiger partial charge in [0.15, 0.2) is 5.78 Å². The molecule has 31 heavy (non-hydrogen) atoms. The summed E-state index contributed by atoms with van der Waals surface area (Å²) in [4.78, 5) is 31.0. The minimum absolute atomic E-state index is 0.0483. The number of ketones is 1. The van der Waals surface area contributed by atoms with Crippen molar-refractivity contribution in [1.82, 2.24) is 15.6 Å². The van der Waals surface area contributed by atoms with Gasteiger partial charge in [0.25, 0.3) is 0 Å². The van der Waals surface area contributed by atoms with Crippen molar-refractivity contribution in [2.45, 2.75) is 19.4 Å². The van der Waals surface area contributed by atoms with Crippen molar-refractivity contribution in [1.29, 1.82) is 0 Å². The number of benzene rings is 2. The molecular weight excluding hydrogens is 386 g/mol. The molecule has 1 aromatic heterocycles. The van der Waals surface area contributed by atoms with E-state index in [1.165, 1.54) is 0 Å². The molecule has 2 heterocycles. The number of hydrogen-bond acceptors (Lipinski definition) is 4. The predicted octanol–water partition coefficient (Wildman–Crippen LogP) is 3.97. The number of nitrogens with zero attached hydrogens (tertiary/aromatic N) is 1. The third-order valence-electron chi connectivity index (χ3n) is 5.81. The Labute approximate surface area is 180 Å². The predicted molar refractivity (Wildman–Crippen MR) is 119 cm³/mol. The van der Waals surface area contributed by atoms with E-state index < -0.39 is 5.92 Å². The standard InChI is InChI=1S/C26H21N3O2/c1-16-21(26(31)28-14-17-8-3-2-4-9-17)22(18-10-7-13-27-15-18)23-24(29-16)19-11-5-6-12-20(19)25(23)30/h2-13,15,22,29H,14H2,1H3,(H,28,31)/t22-/m1/s1. The van der Waals surface area contributed by atoms with Crippen LogP contribution in [0.15, 0.2) is 96.0 Å². The molecule has 2 aromatic carbocycles. The van der Waals surface area contributed by atoms with E-state index in [2.05, 4.69) is 15.6 Å². The van der Waals surface area contributed by atoms with Crippen LogP contribution in [0, 0.1) is 0 Å². The lowest BCUT2D eigenvalue weighted by molar-refractivity contribution is -0.117. The van der Waals surface area contributed by atoms with E-state index in [0.29, 0.717) is 23.3 Å². The highest BCUT2D eigenvalue weighted by Gasteiger charge is 2.42. The number of amides is 1. The maximum absolute atomic E-state index is 13.4. The summed E-state index contributed by atoms with van der Waals surface area (Å²) >= 11 is 0. The first-order valence-corrected chi connectivity index (χ1v) is 10.2. The van der Waals surface area contributed by atoms with Crippen LogP contribution in [0.5, 0.6) is 0 Å². The highest BCUT2D eigenvalue weighted by Crippen LogP contribution is 2.46. The van der Waals surface area contributed by atoms with E-state index in [4.69, 9.17) is 0 Å². The van der Waals surface area contributed by atoms with Crippen molar-refractivity contribution >= 4 is 17.4 Å². The van der Waals surface area contributed by atoms with Crippen LogP contribution in [0.2, 0.25) is 0 Å². The van der Waals surface area contributed by atoms with E-state index in [1.54, 1.807) is 12.4 Å². The Bertz CT molecular complexity index is 1240. The minimum Gasteiger partial charge on any atom is -0.358 e. The zero-order chi connectivity index (χ0) is 21.4. The molecule has 0 radical (unpaired) electrons. The van der Waals surface area contributed by atoms with Crippen LogP contribution in [-0.4, -0.2) is 16.7 Å². The van der Waals surface area contributed by atoms with Crippen LogP contribution in [0.25, 0.3) is 5.70 Å². The Balaban J connectivity index is 1.56. The zero-order valence-electron chi connectivity index (χ0n) is 17.1. The van der Waals surface area contributed by atoms with Gasteiger partial charge >= 0.3 is 0 Å². The second kappa shape index (κ2) is 7.69. The van der Waals surface area contributed by atoms with Crippen molar-refractivity contribution < 1.29 is 9.59 Å². The van der Waals surface area contributed by atoms with Crippen LogP contribution < -0.4 is 10.6 Å². The maximum Gasteiger partial charge on any atom is 0.250 e. The van der Waals surface area contributed by atoms with Gasteiger partial charge in [-0.1, -0.05) is 60.7 Å². The highest BCUT2D eigenvalue weighted by atomic mass is 16.2. The fourth-order valence-corrected chi connectivity index (χ4v) is 4.38. The zero-order valence-corrected chi connectivity index (χ0v) is 17.1. The van der Waals surface area contributed by atoms with E-state index >= 15 is 0 Å². The Kier molecular flexibility index (Phi) is 4.71. The summed E-state index contributed by atoms with van der Waals surface area (Å²) in [6.45, 7) is 2.30. The van der Waals surface area contributed by atoms with Crippen molar-refractivity contribution in [2.75, 3.05) is 0 Å².